The number of methoxy groups -OCH3 is 3. The molecule has 2 aliphatic heterocycles. The molecule has 0 radical (unpaired) electrons. The summed E-state index contributed by atoms with van der Waals surface area (Å²) in [6.07, 6.45) is 15.3. The standard InChI is InChI=1S/C14H26N2O6.C14H26N2O4S2.C8H11NO5.C8H11NO4S.2C6H14N2O2/c2*1-21-9-6-12(17)15-8-4-3-5-11(14(19)20)16-13(18)7-10-22-2;1-13-5-4-8(12)14-9-6(10)2-3-7(9)11;1-14-5-4-8(12)13-9-6(10)2-3-7(9)11;2*7-4-2-1-3-5(8)6(9)10/h2*11H,3-10H2,1-2H3,(H,15,17)(H,16,18)(H,19,20);2*2-5H2,1H3;2*5H,1-4,7-8H2,(H,9,10). The van der Waals surface area contributed by atoms with E-state index in [0.29, 0.717) is 125 Å². The third-order valence-corrected chi connectivity index (χ3v) is 13.7. The third kappa shape index (κ3) is 55.4. The predicted molar refractivity (Wildman–Crippen MR) is 343 cm³/mol. The van der Waals surface area contributed by atoms with Crippen molar-refractivity contribution in [2.24, 2.45) is 22.9 Å². The van der Waals surface area contributed by atoms with Crippen molar-refractivity contribution in [2.75, 3.05) is 103 Å². The number of rotatable bonds is 44. The topological polar surface area (TPSA) is 525 Å². The molecule has 92 heavy (non-hydrogen) atoms. The first kappa shape index (κ1) is 92.2. The quantitative estimate of drug-likeness (QED) is 0.0288. The molecule has 0 aromatic carbocycles. The van der Waals surface area contributed by atoms with E-state index in [2.05, 4.69) is 35.7 Å². The highest BCUT2D eigenvalue weighted by atomic mass is 32.2. The van der Waals surface area contributed by atoms with Crippen molar-refractivity contribution < 1.29 is 111 Å². The molecule has 0 aromatic heterocycles. The monoisotopic (exact) mass is 1380 g/mol. The van der Waals surface area contributed by atoms with Gasteiger partial charge in [0.2, 0.25) is 23.6 Å². The molecule has 0 saturated carbocycles. The Hall–Kier alpha value is -6.25. The second-order valence-corrected chi connectivity index (χ2v) is 22.6. The molecule has 4 unspecified atom stereocenters. The van der Waals surface area contributed by atoms with Gasteiger partial charge in [0.05, 0.1) is 32.7 Å². The van der Waals surface area contributed by atoms with Gasteiger partial charge < -0.3 is 88.5 Å². The SMILES string of the molecule is COCCC(=O)NCCCCC(NC(=O)CCOC)C(=O)O.COCCC(=O)ON1C(=O)CCC1=O.CSCCC(=O)NCCCCC(NC(=O)CCSC)C(=O)O.CSCCC(=O)ON1C(=O)CCC1=O.NCCCCC(N)C(=O)O.NCCCCC(N)C(=O)O. The number of carboxylic acids is 4. The number of nitrogens with zero attached hydrogens (tertiary/aromatic N) is 2. The molecule has 532 valence electrons. The van der Waals surface area contributed by atoms with Crippen LogP contribution in [0.4, 0.5) is 0 Å². The highest BCUT2D eigenvalue weighted by Gasteiger charge is 2.34. The highest BCUT2D eigenvalue weighted by Crippen LogP contribution is 2.14. The molecular formula is C56H102N10O23S3. The molecule has 2 fully saturated rings. The lowest BCUT2D eigenvalue weighted by Gasteiger charge is -2.14. The van der Waals surface area contributed by atoms with Gasteiger partial charge in [-0.3, -0.25) is 47.9 Å². The van der Waals surface area contributed by atoms with E-state index in [-0.39, 0.29) is 81.8 Å². The molecule has 0 aliphatic carbocycles. The fourth-order valence-corrected chi connectivity index (χ4v) is 7.80. The molecule has 36 heteroatoms. The molecule has 0 spiro atoms. The molecule has 2 heterocycles. The smallest absolute Gasteiger partial charge is 0.335 e. The molecular weight excluding hydrogens is 1280 g/mol. The zero-order chi connectivity index (χ0) is 70.7. The zero-order valence-corrected chi connectivity index (χ0v) is 56.4. The van der Waals surface area contributed by atoms with Crippen LogP contribution in [0.1, 0.15) is 141 Å². The van der Waals surface area contributed by atoms with E-state index < -0.39 is 83.6 Å². The summed E-state index contributed by atoms with van der Waals surface area (Å²) in [7, 11) is 4.45. The summed E-state index contributed by atoms with van der Waals surface area (Å²) in [6.45, 7) is 3.06. The predicted octanol–water partition coefficient (Wildman–Crippen LogP) is 0.295. The van der Waals surface area contributed by atoms with Crippen LogP contribution in [0.2, 0.25) is 0 Å². The third-order valence-electron chi connectivity index (χ3n) is 11.9. The average molecular weight is 1380 g/mol. The molecule has 0 bridgehead atoms. The summed E-state index contributed by atoms with van der Waals surface area (Å²) in [6, 6.07) is -3.19. The molecule has 4 atom stereocenters. The van der Waals surface area contributed by atoms with Crippen molar-refractivity contribution in [1.82, 2.24) is 31.4 Å². The number of nitrogens with two attached hydrogens (primary N) is 4. The van der Waals surface area contributed by atoms with Crippen LogP contribution < -0.4 is 44.2 Å². The molecule has 2 rings (SSSR count). The van der Waals surface area contributed by atoms with Gasteiger partial charge in [-0.2, -0.15) is 35.3 Å². The maximum Gasteiger partial charge on any atom is 0.335 e. The Kier molecular flexibility index (Phi) is 62.3. The van der Waals surface area contributed by atoms with E-state index in [1.54, 1.807) is 23.5 Å². The number of carboxylic acid groups (broad SMARTS) is 4. The molecule has 8 amide bonds. The first-order valence-corrected chi connectivity index (χ1v) is 33.9. The number of carbonyl (C=O) groups is 14. The lowest BCUT2D eigenvalue weighted by atomic mass is 10.1. The van der Waals surface area contributed by atoms with Crippen LogP contribution in [0.3, 0.4) is 0 Å². The average Bonchev–Trinajstić information content (AvgIpc) is 1.89. The number of unbranched alkanes of at least 4 members (excludes halogenated alkanes) is 4. The van der Waals surface area contributed by atoms with Crippen LogP contribution in [-0.4, -0.2) is 241 Å². The minimum atomic E-state index is -1.06. The first-order chi connectivity index (χ1) is 43.7. The number of nitrogens with one attached hydrogen (secondary N) is 4. The minimum absolute atomic E-state index is 0.0214. The normalized spacial score (nSPS) is 13.4. The number of thioether (sulfide) groups is 3. The van der Waals surface area contributed by atoms with Crippen LogP contribution in [0, 0.1) is 0 Å². The second kappa shape index (κ2) is 62.2. The Morgan fingerprint density at radius 2 is 0.739 bits per heavy atom. The Bertz CT molecular complexity index is 2000. The fraction of sp³-hybridized carbons (Fsp3) is 0.750. The van der Waals surface area contributed by atoms with Crippen molar-refractivity contribution in [3.63, 3.8) is 0 Å². The number of ether oxygens (including phenoxy) is 3. The molecule has 33 nitrogen and oxygen atoms in total. The van der Waals surface area contributed by atoms with Gasteiger partial charge >= 0.3 is 35.8 Å². The molecule has 2 aliphatic rings. The maximum absolute atomic E-state index is 11.5. The molecule has 0 aromatic rings. The fourth-order valence-electron chi connectivity index (χ4n) is 6.65. The van der Waals surface area contributed by atoms with Crippen molar-refractivity contribution in [1.29, 1.82) is 0 Å². The van der Waals surface area contributed by atoms with Gasteiger partial charge in [0.1, 0.15) is 24.2 Å². The summed E-state index contributed by atoms with van der Waals surface area (Å²) in [5.74, 6) is -5.48. The lowest BCUT2D eigenvalue weighted by molar-refractivity contribution is -0.198. The Morgan fingerprint density at radius 1 is 0.435 bits per heavy atom. The van der Waals surface area contributed by atoms with Crippen LogP contribution in [0.15, 0.2) is 0 Å². The van der Waals surface area contributed by atoms with Crippen molar-refractivity contribution in [3.05, 3.63) is 0 Å². The number of amides is 8. The first-order valence-electron chi connectivity index (χ1n) is 29.7. The highest BCUT2D eigenvalue weighted by molar-refractivity contribution is 7.99. The number of hydrogen-bond donors (Lipinski definition) is 12. The van der Waals surface area contributed by atoms with Gasteiger partial charge in [-0.05, 0) is 96.1 Å². The van der Waals surface area contributed by atoms with Gasteiger partial charge in [0, 0.05) is 103 Å². The number of aliphatic carboxylic acids is 4. The van der Waals surface area contributed by atoms with Gasteiger partial charge in [-0.15, -0.1) is 10.1 Å². The number of hydroxylamine groups is 4. The zero-order valence-electron chi connectivity index (χ0n) is 53.9. The lowest BCUT2D eigenvalue weighted by Crippen LogP contribution is -2.41. The summed E-state index contributed by atoms with van der Waals surface area (Å²) in [4.78, 5) is 163. The van der Waals surface area contributed by atoms with E-state index in [4.69, 9.17) is 52.8 Å². The largest absolute Gasteiger partial charge is 0.480 e. The Morgan fingerprint density at radius 3 is 1.08 bits per heavy atom. The summed E-state index contributed by atoms with van der Waals surface area (Å²) in [5.41, 5.74) is 20.8. The van der Waals surface area contributed by atoms with Gasteiger partial charge in [0.15, 0.2) is 0 Å². The number of hydrogen-bond acceptors (Lipinski definition) is 26. The van der Waals surface area contributed by atoms with Gasteiger partial charge in [0.25, 0.3) is 23.6 Å². The van der Waals surface area contributed by atoms with E-state index >= 15 is 0 Å². The van der Waals surface area contributed by atoms with Crippen LogP contribution >= 0.6 is 35.3 Å². The van der Waals surface area contributed by atoms with Crippen molar-refractivity contribution >= 4 is 118 Å². The van der Waals surface area contributed by atoms with E-state index in [1.165, 1.54) is 33.1 Å². The molecule has 16 N–H and O–H groups in total. The van der Waals surface area contributed by atoms with E-state index in [0.717, 1.165) is 31.4 Å². The summed E-state index contributed by atoms with van der Waals surface area (Å²) in [5, 5.41) is 46.4. The maximum atomic E-state index is 11.5. The van der Waals surface area contributed by atoms with Crippen LogP contribution in [0.25, 0.3) is 0 Å². The van der Waals surface area contributed by atoms with Crippen LogP contribution in [0.5, 0.6) is 0 Å². The number of carbonyl (C=O) groups excluding carboxylic acids is 10. The van der Waals surface area contributed by atoms with E-state index in [1.807, 2.05) is 18.8 Å². The minimum Gasteiger partial charge on any atom is -0.480 e. The van der Waals surface area contributed by atoms with E-state index in [9.17, 15) is 67.1 Å². The van der Waals surface area contributed by atoms with Crippen molar-refractivity contribution in [3.8, 4) is 0 Å². The summed E-state index contributed by atoms with van der Waals surface area (Å²) >= 11 is 4.67. The van der Waals surface area contributed by atoms with Gasteiger partial charge in [-0.1, -0.05) is 12.8 Å². The second-order valence-electron chi connectivity index (χ2n) is 19.6. The molecule has 2 saturated heterocycles. The summed E-state index contributed by atoms with van der Waals surface area (Å²) < 4.78 is 14.2. The number of imide groups is 2. The Labute approximate surface area is 550 Å². The van der Waals surface area contributed by atoms with Gasteiger partial charge in [-0.25, -0.2) is 19.2 Å². The van der Waals surface area contributed by atoms with Crippen LogP contribution in [-0.2, 0) is 91.0 Å². The Balaban J connectivity index is -0.000000519. The van der Waals surface area contributed by atoms with Crippen molar-refractivity contribution in [2.45, 2.75) is 165 Å².